The molecule has 1 unspecified atom stereocenters. The van der Waals surface area contributed by atoms with Gasteiger partial charge in [-0.05, 0) is 19.1 Å². The van der Waals surface area contributed by atoms with Crippen molar-refractivity contribution in [2.45, 2.75) is 19.6 Å². The van der Waals surface area contributed by atoms with Crippen molar-refractivity contribution in [2.75, 3.05) is 37.7 Å². The van der Waals surface area contributed by atoms with E-state index < -0.39 is 0 Å². The number of H-pyrrole nitrogens is 1. The minimum atomic E-state index is -0.0557. The van der Waals surface area contributed by atoms with Crippen LogP contribution in [0.1, 0.15) is 18.1 Å². The molecule has 4 rings (SSSR count). The first-order valence-electron chi connectivity index (χ1n) is 9.92. The van der Waals surface area contributed by atoms with E-state index in [1.54, 1.807) is 12.3 Å². The second kappa shape index (κ2) is 9.19. The lowest BCUT2D eigenvalue weighted by atomic mass is 10.0. The van der Waals surface area contributed by atoms with Crippen LogP contribution in [-0.2, 0) is 21.1 Å². The minimum Gasteiger partial charge on any atom is -0.373 e. The van der Waals surface area contributed by atoms with Crippen LogP contribution in [0, 0.1) is 11.3 Å². The summed E-state index contributed by atoms with van der Waals surface area (Å²) in [5, 5.41) is 17.7. The molecule has 1 aromatic carbocycles. The van der Waals surface area contributed by atoms with Crippen molar-refractivity contribution in [1.29, 1.82) is 5.26 Å². The number of rotatable bonds is 7. The van der Waals surface area contributed by atoms with Crippen LogP contribution in [0.3, 0.4) is 0 Å². The van der Waals surface area contributed by atoms with Gasteiger partial charge in [-0.2, -0.15) is 10.4 Å². The number of nitriles is 1. The van der Waals surface area contributed by atoms with E-state index in [-0.39, 0.29) is 12.7 Å². The first-order chi connectivity index (χ1) is 14.7. The fourth-order valence-electron chi connectivity index (χ4n) is 3.68. The summed E-state index contributed by atoms with van der Waals surface area (Å²) >= 11 is 0. The van der Waals surface area contributed by atoms with Crippen LogP contribution in [-0.4, -0.2) is 54.1 Å². The summed E-state index contributed by atoms with van der Waals surface area (Å²) in [6.07, 6.45) is 1.71. The number of benzene rings is 1. The topological polar surface area (TPSA) is 122 Å². The maximum absolute atomic E-state index is 9.30. The van der Waals surface area contributed by atoms with Gasteiger partial charge in [0.25, 0.3) is 0 Å². The molecule has 1 aliphatic rings. The molecule has 3 heterocycles. The number of nitrogens with two attached hydrogens (primary N) is 1. The molecular weight excluding hydrogens is 384 g/mol. The molecule has 0 spiro atoms. The average Bonchev–Trinajstić information content (AvgIpc) is 3.23. The molecule has 0 amide bonds. The van der Waals surface area contributed by atoms with Gasteiger partial charge in [-0.15, -0.1) is 0 Å². The minimum absolute atomic E-state index is 0.0557. The fourth-order valence-corrected chi connectivity index (χ4v) is 3.68. The summed E-state index contributed by atoms with van der Waals surface area (Å²) in [6, 6.07) is 9.60. The van der Waals surface area contributed by atoms with Crippen molar-refractivity contribution in [3.63, 3.8) is 0 Å². The highest BCUT2D eigenvalue weighted by Crippen LogP contribution is 2.37. The van der Waals surface area contributed by atoms with E-state index in [0.29, 0.717) is 44.1 Å². The van der Waals surface area contributed by atoms with Gasteiger partial charge in [0.05, 0.1) is 47.7 Å². The predicted molar refractivity (Wildman–Crippen MR) is 111 cm³/mol. The summed E-state index contributed by atoms with van der Waals surface area (Å²) in [7, 11) is 0. The summed E-state index contributed by atoms with van der Waals surface area (Å²) in [4.78, 5) is 17.2. The van der Waals surface area contributed by atoms with Gasteiger partial charge < -0.3 is 15.4 Å². The number of anilines is 1. The Kier molecular flexibility index (Phi) is 6.21. The summed E-state index contributed by atoms with van der Waals surface area (Å²) in [5.41, 5.74) is 10.6. The van der Waals surface area contributed by atoms with Crippen molar-refractivity contribution in [3.8, 4) is 17.3 Å². The summed E-state index contributed by atoms with van der Waals surface area (Å²) in [5.74, 6) is 0. The molecule has 1 saturated heterocycles. The third-order valence-electron chi connectivity index (χ3n) is 5.04. The van der Waals surface area contributed by atoms with E-state index in [2.05, 4.69) is 26.2 Å². The van der Waals surface area contributed by atoms with E-state index in [1.165, 1.54) is 0 Å². The van der Waals surface area contributed by atoms with Crippen LogP contribution in [0.4, 0.5) is 5.69 Å². The standard InChI is InChI=1S/C21H24N6O3/c1-2-29-30-13-16-11-24-21-18(20(16)27-6-7-28-17(10-23)12-27)19(25-26-21)15-5-3-4-14(8-15)9-22/h3-5,8,11,17H,2,6-7,10,12-13,23H2,1H3,(H,24,25,26). The number of hydrogen-bond donors (Lipinski definition) is 2. The summed E-state index contributed by atoms with van der Waals surface area (Å²) in [6.45, 7) is 4.95. The predicted octanol–water partition coefficient (Wildman–Crippen LogP) is 2.13. The van der Waals surface area contributed by atoms with Crippen molar-refractivity contribution < 1.29 is 14.5 Å². The highest BCUT2D eigenvalue weighted by atomic mass is 17.2. The van der Waals surface area contributed by atoms with Gasteiger partial charge in [0.2, 0.25) is 0 Å². The first-order valence-corrected chi connectivity index (χ1v) is 9.92. The normalized spacial score (nSPS) is 16.7. The van der Waals surface area contributed by atoms with E-state index in [9.17, 15) is 5.26 Å². The highest BCUT2D eigenvalue weighted by molar-refractivity contribution is 6.01. The van der Waals surface area contributed by atoms with Crippen molar-refractivity contribution in [2.24, 2.45) is 5.73 Å². The van der Waals surface area contributed by atoms with E-state index in [4.69, 9.17) is 20.2 Å². The molecular formula is C21H24N6O3. The van der Waals surface area contributed by atoms with E-state index >= 15 is 0 Å². The van der Waals surface area contributed by atoms with Crippen LogP contribution in [0.15, 0.2) is 30.5 Å². The zero-order valence-electron chi connectivity index (χ0n) is 16.8. The van der Waals surface area contributed by atoms with Crippen molar-refractivity contribution in [1.82, 2.24) is 15.2 Å². The monoisotopic (exact) mass is 408 g/mol. The second-order valence-corrected chi connectivity index (χ2v) is 6.97. The maximum Gasteiger partial charge on any atom is 0.183 e. The van der Waals surface area contributed by atoms with Crippen LogP contribution in [0.25, 0.3) is 22.3 Å². The lowest BCUT2D eigenvalue weighted by molar-refractivity contribution is -0.300. The Labute approximate surface area is 174 Å². The molecule has 1 atom stereocenters. The fraction of sp³-hybridized carbons (Fsp3) is 0.381. The molecule has 3 N–H and O–H groups in total. The second-order valence-electron chi connectivity index (χ2n) is 6.97. The molecule has 0 radical (unpaired) electrons. The van der Waals surface area contributed by atoms with Gasteiger partial charge in [0.1, 0.15) is 6.61 Å². The van der Waals surface area contributed by atoms with Crippen molar-refractivity contribution >= 4 is 16.7 Å². The van der Waals surface area contributed by atoms with Gasteiger partial charge in [0.15, 0.2) is 5.65 Å². The largest absolute Gasteiger partial charge is 0.373 e. The van der Waals surface area contributed by atoms with Crippen LogP contribution < -0.4 is 10.6 Å². The molecule has 3 aromatic rings. The number of nitrogens with one attached hydrogen (secondary N) is 1. The SMILES string of the molecule is CCOOCc1cnc2n[nH]c(-c3cccc(C#N)c3)c2c1N1CCOC(CN)C1. The molecule has 1 fully saturated rings. The van der Waals surface area contributed by atoms with Crippen LogP contribution in [0.5, 0.6) is 0 Å². The molecule has 9 heteroatoms. The molecule has 30 heavy (non-hydrogen) atoms. The third kappa shape index (κ3) is 3.99. The zero-order chi connectivity index (χ0) is 20.9. The van der Waals surface area contributed by atoms with E-state index in [0.717, 1.165) is 27.9 Å². The highest BCUT2D eigenvalue weighted by Gasteiger charge is 2.26. The third-order valence-corrected chi connectivity index (χ3v) is 5.04. The Balaban J connectivity index is 1.86. The Bertz CT molecular complexity index is 1060. The Morgan fingerprint density at radius 1 is 1.40 bits per heavy atom. The molecule has 2 aromatic heterocycles. The zero-order valence-corrected chi connectivity index (χ0v) is 16.8. The van der Waals surface area contributed by atoms with Crippen molar-refractivity contribution in [3.05, 3.63) is 41.6 Å². The first kappa shape index (κ1) is 20.3. The van der Waals surface area contributed by atoms with Gasteiger partial charge in [-0.1, -0.05) is 12.1 Å². The van der Waals surface area contributed by atoms with Crippen LogP contribution in [0.2, 0.25) is 0 Å². The van der Waals surface area contributed by atoms with E-state index in [1.807, 2.05) is 25.1 Å². The molecule has 9 nitrogen and oxygen atoms in total. The summed E-state index contributed by atoms with van der Waals surface area (Å²) < 4.78 is 5.76. The lowest BCUT2D eigenvalue weighted by Gasteiger charge is -2.35. The molecule has 156 valence electrons. The van der Waals surface area contributed by atoms with Gasteiger partial charge in [0, 0.05) is 37.0 Å². The number of nitrogens with zero attached hydrogens (tertiary/aromatic N) is 4. The molecule has 0 saturated carbocycles. The maximum atomic E-state index is 9.30. The van der Waals surface area contributed by atoms with Gasteiger partial charge in [-0.25, -0.2) is 14.8 Å². The Hall–Kier alpha value is -3.03. The number of hydrogen-bond acceptors (Lipinski definition) is 8. The molecule has 0 aliphatic carbocycles. The lowest BCUT2D eigenvalue weighted by Crippen LogP contribution is -2.46. The van der Waals surface area contributed by atoms with Gasteiger partial charge in [-0.3, -0.25) is 5.10 Å². The van der Waals surface area contributed by atoms with Gasteiger partial charge >= 0.3 is 0 Å². The number of pyridine rings is 1. The van der Waals surface area contributed by atoms with Crippen LogP contribution >= 0.6 is 0 Å². The number of ether oxygens (including phenoxy) is 1. The average molecular weight is 408 g/mol. The quantitative estimate of drug-likeness (QED) is 0.346. The smallest absolute Gasteiger partial charge is 0.183 e. The number of morpholine rings is 1. The Morgan fingerprint density at radius 2 is 2.30 bits per heavy atom. The molecule has 0 bridgehead atoms. The number of fused-ring (bicyclic) bond motifs is 1. The molecule has 1 aliphatic heterocycles. The number of aromatic nitrogens is 3. The number of aromatic amines is 1. The Morgan fingerprint density at radius 3 is 3.10 bits per heavy atom.